The van der Waals surface area contributed by atoms with Gasteiger partial charge in [0, 0.05) is 13.0 Å². The molecule has 1 aromatic heterocycles. The van der Waals surface area contributed by atoms with Gasteiger partial charge in [-0.15, -0.1) is 11.3 Å². The maximum absolute atomic E-state index is 12.5. The summed E-state index contributed by atoms with van der Waals surface area (Å²) >= 11 is 1.07. The summed E-state index contributed by atoms with van der Waals surface area (Å²) in [6.07, 6.45) is 0.271. The van der Waals surface area contributed by atoms with Gasteiger partial charge in [-0.25, -0.2) is 4.79 Å². The molecule has 0 fully saturated rings. The second kappa shape index (κ2) is 8.43. The number of esters is 1. The molecule has 132 valence electrons. The number of hydrogen-bond donors (Lipinski definition) is 2. The molecule has 7 heteroatoms. The first-order valence-corrected chi connectivity index (χ1v) is 8.63. The molecule has 2 amide bonds. The Bertz CT molecular complexity index is 784. The van der Waals surface area contributed by atoms with E-state index in [-0.39, 0.29) is 23.8 Å². The SMILES string of the molecule is CCC(=O)Nc1sc(C(=O)NCc2ccccc2)c(C)c1C(=O)OC. The number of amides is 2. The number of benzene rings is 1. The van der Waals surface area contributed by atoms with Gasteiger partial charge in [-0.1, -0.05) is 37.3 Å². The second-order valence-electron chi connectivity index (χ2n) is 5.32. The van der Waals surface area contributed by atoms with Crippen LogP contribution in [0.25, 0.3) is 0 Å². The summed E-state index contributed by atoms with van der Waals surface area (Å²) in [6.45, 7) is 3.75. The van der Waals surface area contributed by atoms with Crippen molar-refractivity contribution < 1.29 is 19.1 Å². The molecule has 25 heavy (non-hydrogen) atoms. The molecular formula is C18H20N2O4S. The molecule has 0 unspecified atom stereocenters. The normalized spacial score (nSPS) is 10.2. The highest BCUT2D eigenvalue weighted by atomic mass is 32.1. The molecule has 0 saturated heterocycles. The van der Waals surface area contributed by atoms with Gasteiger partial charge in [-0.05, 0) is 18.1 Å². The first-order chi connectivity index (χ1) is 12.0. The van der Waals surface area contributed by atoms with Gasteiger partial charge in [0.05, 0.1) is 17.6 Å². The van der Waals surface area contributed by atoms with E-state index in [9.17, 15) is 14.4 Å². The molecule has 6 nitrogen and oxygen atoms in total. The van der Waals surface area contributed by atoms with Crippen LogP contribution in [0.1, 0.15) is 44.5 Å². The Balaban J connectivity index is 2.25. The Labute approximate surface area is 150 Å². The smallest absolute Gasteiger partial charge is 0.341 e. The number of thiophene rings is 1. The van der Waals surface area contributed by atoms with Gasteiger partial charge in [0.2, 0.25) is 5.91 Å². The van der Waals surface area contributed by atoms with E-state index in [1.54, 1.807) is 13.8 Å². The fraction of sp³-hybridized carbons (Fsp3) is 0.278. The lowest BCUT2D eigenvalue weighted by Crippen LogP contribution is -2.22. The number of rotatable bonds is 6. The lowest BCUT2D eigenvalue weighted by atomic mass is 10.1. The molecule has 0 radical (unpaired) electrons. The molecule has 0 spiro atoms. The van der Waals surface area contributed by atoms with Crippen LogP contribution in [0.15, 0.2) is 30.3 Å². The summed E-state index contributed by atoms with van der Waals surface area (Å²) in [5.74, 6) is -1.11. The average molecular weight is 360 g/mol. The zero-order chi connectivity index (χ0) is 18.4. The van der Waals surface area contributed by atoms with E-state index in [2.05, 4.69) is 10.6 Å². The maximum Gasteiger partial charge on any atom is 0.341 e. The van der Waals surface area contributed by atoms with E-state index >= 15 is 0 Å². The molecular weight excluding hydrogens is 340 g/mol. The number of carbonyl (C=O) groups is 3. The van der Waals surface area contributed by atoms with E-state index in [0.29, 0.717) is 22.0 Å². The Hall–Kier alpha value is -2.67. The Morgan fingerprint density at radius 3 is 2.44 bits per heavy atom. The molecule has 0 aliphatic carbocycles. The van der Waals surface area contributed by atoms with Crippen LogP contribution >= 0.6 is 11.3 Å². The van der Waals surface area contributed by atoms with Gasteiger partial charge in [0.1, 0.15) is 5.00 Å². The standard InChI is InChI=1S/C18H20N2O4S/c1-4-13(21)20-17-14(18(23)24-3)11(2)15(25-17)16(22)19-10-12-8-6-5-7-9-12/h5-9H,4,10H2,1-3H3,(H,19,22)(H,20,21). The van der Waals surface area contributed by atoms with Crippen molar-refractivity contribution in [1.82, 2.24) is 5.32 Å². The molecule has 0 atom stereocenters. The van der Waals surface area contributed by atoms with Crippen LogP contribution in [0.4, 0.5) is 5.00 Å². The minimum atomic E-state index is -0.581. The zero-order valence-electron chi connectivity index (χ0n) is 14.3. The fourth-order valence-corrected chi connectivity index (χ4v) is 3.37. The Morgan fingerprint density at radius 2 is 1.84 bits per heavy atom. The summed E-state index contributed by atoms with van der Waals surface area (Å²) in [7, 11) is 1.26. The van der Waals surface area contributed by atoms with Crippen LogP contribution in [0.3, 0.4) is 0 Å². The number of hydrogen-bond acceptors (Lipinski definition) is 5. The van der Waals surface area contributed by atoms with E-state index in [4.69, 9.17) is 4.74 Å². The number of ether oxygens (including phenoxy) is 1. The van der Waals surface area contributed by atoms with Crippen molar-refractivity contribution in [2.75, 3.05) is 12.4 Å². The molecule has 0 bridgehead atoms. The van der Waals surface area contributed by atoms with Crippen molar-refractivity contribution in [1.29, 1.82) is 0 Å². The average Bonchev–Trinajstić information content (AvgIpc) is 2.95. The predicted molar refractivity (Wildman–Crippen MR) is 96.9 cm³/mol. The summed E-state index contributed by atoms with van der Waals surface area (Å²) in [4.78, 5) is 36.6. The topological polar surface area (TPSA) is 84.5 Å². The summed E-state index contributed by atoms with van der Waals surface area (Å²) in [5, 5.41) is 5.83. The molecule has 1 heterocycles. The molecule has 2 rings (SSSR count). The second-order valence-corrected chi connectivity index (χ2v) is 6.34. The van der Waals surface area contributed by atoms with Crippen LogP contribution in [0.5, 0.6) is 0 Å². The monoisotopic (exact) mass is 360 g/mol. The molecule has 1 aromatic carbocycles. The zero-order valence-corrected chi connectivity index (χ0v) is 15.2. The lowest BCUT2D eigenvalue weighted by molar-refractivity contribution is -0.115. The van der Waals surface area contributed by atoms with E-state index in [0.717, 1.165) is 16.9 Å². The van der Waals surface area contributed by atoms with Crippen molar-refractivity contribution >= 4 is 34.1 Å². The van der Waals surface area contributed by atoms with Gasteiger partial charge in [0.25, 0.3) is 5.91 Å². The number of methoxy groups -OCH3 is 1. The fourth-order valence-electron chi connectivity index (χ4n) is 2.24. The number of carbonyl (C=O) groups excluding carboxylic acids is 3. The number of nitrogens with one attached hydrogen (secondary N) is 2. The van der Waals surface area contributed by atoms with Crippen LogP contribution in [0, 0.1) is 6.92 Å². The highest BCUT2D eigenvalue weighted by Crippen LogP contribution is 2.33. The molecule has 0 saturated carbocycles. The van der Waals surface area contributed by atoms with Crippen LogP contribution < -0.4 is 10.6 Å². The molecule has 2 N–H and O–H groups in total. The first kappa shape index (κ1) is 18.7. The summed E-state index contributed by atoms with van der Waals surface area (Å²) in [5.41, 5.74) is 1.69. The molecule has 2 aromatic rings. The van der Waals surface area contributed by atoms with E-state index in [1.165, 1.54) is 7.11 Å². The van der Waals surface area contributed by atoms with Gasteiger partial charge < -0.3 is 15.4 Å². The Kier molecular flexibility index (Phi) is 6.30. The van der Waals surface area contributed by atoms with Crippen LogP contribution in [0.2, 0.25) is 0 Å². The quantitative estimate of drug-likeness (QED) is 0.775. The number of anilines is 1. The third-order valence-electron chi connectivity index (χ3n) is 3.61. The van der Waals surface area contributed by atoms with Crippen molar-refractivity contribution in [3.05, 3.63) is 51.9 Å². The van der Waals surface area contributed by atoms with Gasteiger partial charge >= 0.3 is 5.97 Å². The highest BCUT2D eigenvalue weighted by molar-refractivity contribution is 7.18. The van der Waals surface area contributed by atoms with Crippen LogP contribution in [-0.4, -0.2) is 24.9 Å². The van der Waals surface area contributed by atoms with E-state index in [1.807, 2.05) is 30.3 Å². The maximum atomic E-state index is 12.5. The largest absolute Gasteiger partial charge is 0.465 e. The van der Waals surface area contributed by atoms with Gasteiger partial charge in [0.15, 0.2) is 0 Å². The minimum absolute atomic E-state index is 0.221. The van der Waals surface area contributed by atoms with Crippen LogP contribution in [-0.2, 0) is 16.1 Å². The summed E-state index contributed by atoms with van der Waals surface area (Å²) in [6, 6.07) is 9.51. The van der Waals surface area contributed by atoms with Crippen molar-refractivity contribution in [3.63, 3.8) is 0 Å². The van der Waals surface area contributed by atoms with Crippen molar-refractivity contribution in [3.8, 4) is 0 Å². The first-order valence-electron chi connectivity index (χ1n) is 7.81. The Morgan fingerprint density at radius 1 is 1.16 bits per heavy atom. The van der Waals surface area contributed by atoms with Gasteiger partial charge in [-0.2, -0.15) is 0 Å². The van der Waals surface area contributed by atoms with Gasteiger partial charge in [-0.3, -0.25) is 9.59 Å². The lowest BCUT2D eigenvalue weighted by Gasteiger charge is -2.05. The third kappa shape index (κ3) is 4.45. The van der Waals surface area contributed by atoms with Crippen molar-refractivity contribution in [2.45, 2.75) is 26.8 Å². The molecule has 0 aliphatic rings. The molecule has 0 aliphatic heterocycles. The predicted octanol–water partition coefficient (Wildman–Crippen LogP) is 3.12. The summed E-state index contributed by atoms with van der Waals surface area (Å²) < 4.78 is 4.78. The van der Waals surface area contributed by atoms with Crippen molar-refractivity contribution in [2.24, 2.45) is 0 Å². The minimum Gasteiger partial charge on any atom is -0.465 e. The highest BCUT2D eigenvalue weighted by Gasteiger charge is 2.25. The third-order valence-corrected chi connectivity index (χ3v) is 4.82. The van der Waals surface area contributed by atoms with E-state index < -0.39 is 5.97 Å².